The summed E-state index contributed by atoms with van der Waals surface area (Å²) in [6.45, 7) is 3.71. The Balaban J connectivity index is 2.00. The molecule has 0 bridgehead atoms. The van der Waals surface area contributed by atoms with Crippen LogP contribution in [0, 0.1) is 11.7 Å². The minimum Gasteiger partial charge on any atom is -0.350 e. The Bertz CT molecular complexity index is 829. The first-order valence-electron chi connectivity index (χ1n) is 7.24. The summed E-state index contributed by atoms with van der Waals surface area (Å²) >= 11 is 8.39. The van der Waals surface area contributed by atoms with Gasteiger partial charge in [-0.2, -0.15) is 0 Å². The van der Waals surface area contributed by atoms with E-state index in [4.69, 9.17) is 12.2 Å². The summed E-state index contributed by atoms with van der Waals surface area (Å²) in [7, 11) is 0. The average molecular weight is 396 g/mol. The summed E-state index contributed by atoms with van der Waals surface area (Å²) in [6.07, 6.45) is 0.602. The number of aryl methyl sites for hydroxylation is 1. The van der Waals surface area contributed by atoms with Crippen molar-refractivity contribution in [3.05, 3.63) is 60.7 Å². The highest BCUT2D eigenvalue weighted by atomic mass is 79.9. The predicted molar refractivity (Wildman–Crippen MR) is 96.0 cm³/mol. The summed E-state index contributed by atoms with van der Waals surface area (Å²) in [5, 5.41) is 2.95. The topological polar surface area (TPSA) is 77.8 Å². The van der Waals surface area contributed by atoms with Crippen molar-refractivity contribution in [1.82, 2.24) is 15.3 Å². The van der Waals surface area contributed by atoms with Gasteiger partial charge in [0.05, 0.1) is 6.04 Å². The highest BCUT2D eigenvalue weighted by Gasteiger charge is 2.13. The molecule has 0 radical (unpaired) electrons. The summed E-state index contributed by atoms with van der Waals surface area (Å²) in [6, 6.07) is 7.64. The van der Waals surface area contributed by atoms with Gasteiger partial charge in [-0.05, 0) is 44.1 Å². The van der Waals surface area contributed by atoms with E-state index in [-0.39, 0.29) is 23.9 Å². The molecule has 0 saturated heterocycles. The molecule has 0 aliphatic rings. The van der Waals surface area contributed by atoms with Crippen LogP contribution in [0.2, 0.25) is 0 Å². The molecule has 2 aromatic rings. The van der Waals surface area contributed by atoms with Crippen LogP contribution in [0.25, 0.3) is 0 Å². The van der Waals surface area contributed by atoms with Gasteiger partial charge in [-0.15, -0.1) is 0 Å². The molecule has 0 fully saturated rings. The lowest BCUT2D eigenvalue weighted by Crippen LogP contribution is -2.28. The van der Waals surface area contributed by atoms with Crippen LogP contribution in [-0.4, -0.2) is 15.9 Å². The molecule has 1 aromatic carbocycles. The molecule has 0 spiro atoms. The highest BCUT2D eigenvalue weighted by Crippen LogP contribution is 2.22. The molecule has 1 atom stereocenters. The number of hydrogen-bond acceptors (Lipinski definition) is 3. The molecule has 5 nitrogen and oxygen atoms in total. The molecule has 0 aliphatic carbocycles. The fraction of sp³-hybridized carbons (Fsp3) is 0.312. The monoisotopic (exact) mass is 395 g/mol. The predicted octanol–water partition coefficient (Wildman–Crippen LogP) is 3.31. The maximum Gasteiger partial charge on any atom is 0.255 e. The number of carbonyl (C=O) groups is 1. The van der Waals surface area contributed by atoms with E-state index in [1.165, 1.54) is 0 Å². The molecule has 0 aliphatic heterocycles. The standard InChI is InChI=1S/C16H18BrN3O2S/c1-9(11-5-3-4-6-13(11)17)18-14(21)8-7-12-10(2)19-16(23)20-15(12)22/h3-6,9H,7-8H2,1-2H3,(H,18,21)(H2,19,20,22,23)/t9-/m0/s1. The van der Waals surface area contributed by atoms with E-state index in [9.17, 15) is 9.59 Å². The molecular formula is C16H18BrN3O2S. The fourth-order valence-corrected chi connectivity index (χ4v) is 3.26. The van der Waals surface area contributed by atoms with E-state index < -0.39 is 0 Å². The molecule has 3 N–H and O–H groups in total. The van der Waals surface area contributed by atoms with Gasteiger partial charge in [0.1, 0.15) is 0 Å². The molecule has 1 heterocycles. The van der Waals surface area contributed by atoms with Crippen LogP contribution in [0.5, 0.6) is 0 Å². The summed E-state index contributed by atoms with van der Waals surface area (Å²) in [5.74, 6) is -0.102. The lowest BCUT2D eigenvalue weighted by Gasteiger charge is -2.16. The molecular weight excluding hydrogens is 378 g/mol. The van der Waals surface area contributed by atoms with Crippen LogP contribution in [0.1, 0.15) is 36.2 Å². The van der Waals surface area contributed by atoms with Crippen molar-refractivity contribution in [2.75, 3.05) is 0 Å². The van der Waals surface area contributed by atoms with E-state index in [0.29, 0.717) is 22.4 Å². The largest absolute Gasteiger partial charge is 0.350 e. The first-order valence-corrected chi connectivity index (χ1v) is 8.44. The van der Waals surface area contributed by atoms with E-state index in [1.54, 1.807) is 6.92 Å². The normalized spacial score (nSPS) is 12.0. The van der Waals surface area contributed by atoms with Gasteiger partial charge in [0.2, 0.25) is 5.91 Å². The Labute approximate surface area is 147 Å². The zero-order valence-electron chi connectivity index (χ0n) is 12.9. The van der Waals surface area contributed by atoms with Crippen LogP contribution in [0.3, 0.4) is 0 Å². The van der Waals surface area contributed by atoms with Crippen molar-refractivity contribution >= 4 is 34.1 Å². The number of nitrogens with one attached hydrogen (secondary N) is 3. The fourth-order valence-electron chi connectivity index (χ4n) is 2.38. The number of rotatable bonds is 5. The maximum absolute atomic E-state index is 12.1. The van der Waals surface area contributed by atoms with Crippen LogP contribution in [0.4, 0.5) is 0 Å². The van der Waals surface area contributed by atoms with Crippen LogP contribution < -0.4 is 10.9 Å². The van der Waals surface area contributed by atoms with Crippen molar-refractivity contribution in [3.8, 4) is 0 Å². The van der Waals surface area contributed by atoms with Crippen molar-refractivity contribution in [2.24, 2.45) is 0 Å². The zero-order valence-corrected chi connectivity index (χ0v) is 15.3. The van der Waals surface area contributed by atoms with Gasteiger partial charge >= 0.3 is 0 Å². The number of H-pyrrole nitrogens is 2. The third kappa shape index (κ3) is 4.62. The Kier molecular flexibility index (Phi) is 5.90. The molecule has 7 heteroatoms. The summed E-state index contributed by atoms with van der Waals surface area (Å²) in [5.41, 5.74) is 2.03. The van der Waals surface area contributed by atoms with Crippen molar-refractivity contribution in [1.29, 1.82) is 0 Å². The first-order chi connectivity index (χ1) is 10.9. The van der Waals surface area contributed by atoms with Gasteiger partial charge in [0.25, 0.3) is 5.56 Å². The lowest BCUT2D eigenvalue weighted by atomic mass is 10.1. The number of carbonyl (C=O) groups excluding carboxylic acids is 1. The SMILES string of the molecule is Cc1[nH]c(=S)[nH]c(=O)c1CCC(=O)N[C@@H](C)c1ccccc1Br. The van der Waals surface area contributed by atoms with Gasteiger partial charge in [0.15, 0.2) is 4.77 Å². The van der Waals surface area contributed by atoms with Crippen LogP contribution in [-0.2, 0) is 11.2 Å². The zero-order chi connectivity index (χ0) is 17.0. The molecule has 1 aromatic heterocycles. The van der Waals surface area contributed by atoms with Gasteiger partial charge in [-0.25, -0.2) is 0 Å². The first kappa shape index (κ1) is 17.6. The molecule has 122 valence electrons. The average Bonchev–Trinajstić information content (AvgIpc) is 2.46. The Morgan fingerprint density at radius 2 is 2.04 bits per heavy atom. The molecule has 0 unspecified atom stereocenters. The third-order valence-electron chi connectivity index (χ3n) is 3.61. The minimum atomic E-state index is -0.238. The quantitative estimate of drug-likeness (QED) is 0.679. The number of amides is 1. The Morgan fingerprint density at radius 3 is 2.70 bits per heavy atom. The van der Waals surface area contributed by atoms with E-state index >= 15 is 0 Å². The number of halogens is 1. The van der Waals surface area contributed by atoms with E-state index in [0.717, 1.165) is 10.0 Å². The maximum atomic E-state index is 12.1. The number of aromatic nitrogens is 2. The summed E-state index contributed by atoms with van der Waals surface area (Å²) < 4.78 is 1.25. The van der Waals surface area contributed by atoms with Gasteiger partial charge in [-0.3, -0.25) is 14.6 Å². The van der Waals surface area contributed by atoms with E-state index in [2.05, 4.69) is 31.2 Å². The van der Waals surface area contributed by atoms with E-state index in [1.807, 2.05) is 31.2 Å². The molecule has 23 heavy (non-hydrogen) atoms. The van der Waals surface area contributed by atoms with Crippen LogP contribution >= 0.6 is 28.1 Å². The number of aromatic amines is 2. The second-order valence-corrected chi connectivity index (χ2v) is 6.59. The van der Waals surface area contributed by atoms with Gasteiger partial charge in [0, 0.05) is 22.2 Å². The third-order valence-corrected chi connectivity index (χ3v) is 4.53. The Hall–Kier alpha value is -1.73. The van der Waals surface area contributed by atoms with Crippen molar-refractivity contribution in [2.45, 2.75) is 32.7 Å². The van der Waals surface area contributed by atoms with Crippen molar-refractivity contribution in [3.63, 3.8) is 0 Å². The molecule has 1 amide bonds. The Morgan fingerprint density at radius 1 is 1.35 bits per heavy atom. The second-order valence-electron chi connectivity index (χ2n) is 5.32. The van der Waals surface area contributed by atoms with Crippen LogP contribution in [0.15, 0.2) is 33.5 Å². The molecule has 0 saturated carbocycles. The summed E-state index contributed by atoms with van der Waals surface area (Å²) in [4.78, 5) is 29.5. The number of hydrogen-bond donors (Lipinski definition) is 3. The lowest BCUT2D eigenvalue weighted by molar-refractivity contribution is -0.121. The second kappa shape index (κ2) is 7.70. The molecule has 2 rings (SSSR count). The van der Waals surface area contributed by atoms with Gasteiger partial charge < -0.3 is 10.3 Å². The smallest absolute Gasteiger partial charge is 0.255 e. The minimum absolute atomic E-state index is 0.102. The van der Waals surface area contributed by atoms with Crippen molar-refractivity contribution < 1.29 is 4.79 Å². The van der Waals surface area contributed by atoms with Gasteiger partial charge in [-0.1, -0.05) is 34.1 Å². The highest BCUT2D eigenvalue weighted by molar-refractivity contribution is 9.10. The number of benzene rings is 1.